The first-order chi connectivity index (χ1) is 4.98. The summed E-state index contributed by atoms with van der Waals surface area (Å²) < 4.78 is 0. The summed E-state index contributed by atoms with van der Waals surface area (Å²) in [6, 6.07) is 0. The zero-order valence-corrected chi connectivity index (χ0v) is 7.44. The number of aliphatic hydroxyl groups is 1. The minimum Gasteiger partial charge on any atom is -0.463 e. The van der Waals surface area contributed by atoms with Gasteiger partial charge in [0.25, 0.3) is 0 Å². The van der Waals surface area contributed by atoms with Gasteiger partial charge in [0.2, 0.25) is 6.67 Å². The lowest BCUT2D eigenvalue weighted by molar-refractivity contribution is -0.475. The van der Waals surface area contributed by atoms with Crippen molar-refractivity contribution in [3.8, 4) is 0 Å². The van der Waals surface area contributed by atoms with Gasteiger partial charge in [0.1, 0.15) is 0 Å². The Morgan fingerprint density at radius 1 is 1.64 bits per heavy atom. The summed E-state index contributed by atoms with van der Waals surface area (Å²) in [6.07, 6.45) is 1.57. The predicted octanol–water partition coefficient (Wildman–Crippen LogP) is -0.240. The van der Waals surface area contributed by atoms with Crippen molar-refractivity contribution in [2.24, 2.45) is 5.41 Å². The monoisotopic (exact) mass is 157 g/mol. The van der Waals surface area contributed by atoms with Crippen LogP contribution in [0.5, 0.6) is 0 Å². The largest absolute Gasteiger partial charge is 0.463 e. The number of hydrogen-bond donors (Lipinski definition) is 3. The van der Waals surface area contributed by atoms with Crippen LogP contribution in [0.4, 0.5) is 0 Å². The maximum Gasteiger partial charge on any atom is 0.339 e. The Labute approximate surface area is 67.8 Å². The van der Waals surface area contributed by atoms with Gasteiger partial charge in [-0.1, -0.05) is 6.58 Å². The van der Waals surface area contributed by atoms with Gasteiger partial charge in [-0.3, -0.25) is 0 Å². The molecule has 0 unspecified atom stereocenters. The van der Waals surface area contributed by atoms with Gasteiger partial charge in [0.05, 0.1) is 5.41 Å². The molecule has 0 saturated carbocycles. The lowest BCUT2D eigenvalue weighted by Crippen LogP contribution is -2.78. The van der Waals surface area contributed by atoms with Gasteiger partial charge in [0.15, 0.2) is 0 Å². The van der Waals surface area contributed by atoms with Crippen molar-refractivity contribution < 1.29 is 10.1 Å². The maximum absolute atomic E-state index is 9.34. The number of aliphatic hydroxyl groups excluding tert-OH is 1. The molecule has 0 aromatic rings. The van der Waals surface area contributed by atoms with E-state index < -0.39 is 0 Å². The zero-order chi connectivity index (χ0) is 8.91. The fourth-order valence-corrected chi connectivity index (χ4v) is 0.472. The van der Waals surface area contributed by atoms with Crippen LogP contribution in [0.2, 0.25) is 0 Å². The molecule has 64 valence electrons. The van der Waals surface area contributed by atoms with Crippen LogP contribution >= 0.6 is 0 Å². The lowest BCUT2D eigenvalue weighted by atomic mass is 9.97. The quantitative estimate of drug-likeness (QED) is 0.229. The second-order valence-corrected chi connectivity index (χ2v) is 3.36. The standard InChI is InChI=1S/C8H16N2O/c1-5-9-6-10-7(11)8(2,3)4/h5,9H,1,6H2,2-4H3,(H,10,11)/p+1. The molecular formula is C8H17N2O+. The van der Waals surface area contributed by atoms with Crippen molar-refractivity contribution in [1.82, 2.24) is 5.32 Å². The average Bonchev–Trinajstić information content (AvgIpc) is 1.86. The van der Waals surface area contributed by atoms with Gasteiger partial charge < -0.3 is 10.4 Å². The van der Waals surface area contributed by atoms with Crippen molar-refractivity contribution in [1.29, 1.82) is 0 Å². The van der Waals surface area contributed by atoms with Crippen molar-refractivity contribution >= 4 is 5.90 Å². The van der Waals surface area contributed by atoms with Crippen LogP contribution in [-0.2, 0) is 0 Å². The van der Waals surface area contributed by atoms with Crippen LogP contribution in [0.25, 0.3) is 0 Å². The minimum atomic E-state index is -0.206. The van der Waals surface area contributed by atoms with Crippen LogP contribution in [0.1, 0.15) is 20.8 Å². The first kappa shape index (κ1) is 10.0. The fraction of sp³-hybridized carbons (Fsp3) is 0.625. The van der Waals surface area contributed by atoms with Gasteiger partial charge >= 0.3 is 5.90 Å². The highest BCUT2D eigenvalue weighted by Gasteiger charge is 2.23. The minimum absolute atomic E-state index is 0.206. The molecule has 0 aliphatic rings. The van der Waals surface area contributed by atoms with E-state index in [4.69, 9.17) is 0 Å². The van der Waals surface area contributed by atoms with E-state index in [2.05, 4.69) is 16.9 Å². The third-order valence-corrected chi connectivity index (χ3v) is 1.21. The first-order valence-corrected chi connectivity index (χ1v) is 3.63. The second kappa shape index (κ2) is 4.01. The maximum atomic E-state index is 9.34. The van der Waals surface area contributed by atoms with E-state index in [1.165, 1.54) is 0 Å². The molecular weight excluding hydrogens is 140 g/mol. The number of nitrogens with one attached hydrogen (secondary N) is 2. The van der Waals surface area contributed by atoms with Crippen LogP contribution in [0, 0.1) is 5.41 Å². The highest BCUT2D eigenvalue weighted by molar-refractivity contribution is 5.73. The van der Waals surface area contributed by atoms with E-state index in [1.54, 1.807) is 6.20 Å². The van der Waals surface area contributed by atoms with Crippen molar-refractivity contribution in [3.05, 3.63) is 12.8 Å². The van der Waals surface area contributed by atoms with Crippen molar-refractivity contribution in [3.63, 3.8) is 0 Å². The third kappa shape index (κ3) is 4.42. The molecule has 0 amide bonds. The Morgan fingerprint density at radius 2 is 2.18 bits per heavy atom. The molecule has 3 heteroatoms. The van der Waals surface area contributed by atoms with Crippen molar-refractivity contribution in [2.45, 2.75) is 20.8 Å². The molecule has 0 aliphatic heterocycles. The fourth-order valence-electron chi connectivity index (χ4n) is 0.472. The molecule has 0 rings (SSSR count). The summed E-state index contributed by atoms with van der Waals surface area (Å²) in [6.45, 7) is 9.79. The summed E-state index contributed by atoms with van der Waals surface area (Å²) in [5.41, 5.74) is -0.206. The third-order valence-electron chi connectivity index (χ3n) is 1.21. The molecule has 0 radical (unpaired) electrons. The molecule has 0 saturated heterocycles. The second-order valence-electron chi connectivity index (χ2n) is 3.36. The molecule has 0 fully saturated rings. The normalized spacial score (nSPS) is 12.8. The Morgan fingerprint density at radius 3 is 2.55 bits per heavy atom. The molecule has 0 aliphatic carbocycles. The van der Waals surface area contributed by atoms with E-state index >= 15 is 0 Å². The Bertz CT molecular complexity index is 156. The van der Waals surface area contributed by atoms with Gasteiger partial charge in [-0.2, -0.15) is 4.99 Å². The molecule has 0 aromatic heterocycles. The van der Waals surface area contributed by atoms with Gasteiger partial charge in [-0.15, -0.1) is 0 Å². The van der Waals surface area contributed by atoms with E-state index in [-0.39, 0.29) is 11.3 Å². The van der Waals surface area contributed by atoms with E-state index in [0.717, 1.165) is 0 Å². The first-order valence-electron chi connectivity index (χ1n) is 3.63. The summed E-state index contributed by atoms with van der Waals surface area (Å²) in [5.74, 6) is 0.284. The SMILES string of the molecule is C=CNC[NH+]=C(O)C(C)(C)C. The van der Waals surface area contributed by atoms with Crippen LogP contribution < -0.4 is 10.3 Å². The summed E-state index contributed by atoms with van der Waals surface area (Å²) in [7, 11) is 0. The summed E-state index contributed by atoms with van der Waals surface area (Å²) in [4.78, 5) is 2.81. The lowest BCUT2D eigenvalue weighted by Gasteiger charge is -2.09. The highest BCUT2D eigenvalue weighted by Crippen LogP contribution is 2.10. The van der Waals surface area contributed by atoms with Crippen molar-refractivity contribution in [2.75, 3.05) is 6.67 Å². The molecule has 3 N–H and O–H groups in total. The van der Waals surface area contributed by atoms with Crippen LogP contribution in [0.15, 0.2) is 12.8 Å². The van der Waals surface area contributed by atoms with E-state index in [1.807, 2.05) is 20.8 Å². The molecule has 11 heavy (non-hydrogen) atoms. The van der Waals surface area contributed by atoms with Crippen LogP contribution in [-0.4, -0.2) is 17.7 Å². The summed E-state index contributed by atoms with van der Waals surface area (Å²) >= 11 is 0. The predicted molar refractivity (Wildman–Crippen MR) is 46.3 cm³/mol. The Balaban J connectivity index is 3.90. The smallest absolute Gasteiger partial charge is 0.339 e. The number of rotatable bonds is 3. The van der Waals surface area contributed by atoms with E-state index in [9.17, 15) is 5.11 Å². The van der Waals surface area contributed by atoms with Gasteiger partial charge in [0, 0.05) is 0 Å². The average molecular weight is 157 g/mol. The summed E-state index contributed by atoms with van der Waals surface area (Å²) in [5, 5.41) is 12.2. The van der Waals surface area contributed by atoms with Gasteiger partial charge in [-0.05, 0) is 27.0 Å². The molecule has 0 bridgehead atoms. The molecule has 0 atom stereocenters. The van der Waals surface area contributed by atoms with Gasteiger partial charge in [-0.25, -0.2) is 0 Å². The topological polar surface area (TPSA) is 46.2 Å². The molecule has 0 heterocycles. The zero-order valence-electron chi connectivity index (χ0n) is 7.44. The van der Waals surface area contributed by atoms with E-state index in [0.29, 0.717) is 6.67 Å². The van der Waals surface area contributed by atoms with Crippen LogP contribution in [0.3, 0.4) is 0 Å². The Hall–Kier alpha value is -0.990. The molecule has 0 spiro atoms. The number of hydrogen-bond acceptors (Lipinski definition) is 1. The highest BCUT2D eigenvalue weighted by atomic mass is 16.3. The molecule has 0 aromatic carbocycles. The molecule has 3 nitrogen and oxygen atoms in total. The Kier molecular flexibility index (Phi) is 3.65.